The Hall–Kier alpha value is -4.01. The van der Waals surface area contributed by atoms with E-state index in [2.05, 4.69) is 10.3 Å². The van der Waals surface area contributed by atoms with Gasteiger partial charge in [-0.1, -0.05) is 12.1 Å². The number of nitrogens with zero attached hydrogens (tertiary/aromatic N) is 2. The number of fused-ring (bicyclic) bond motifs is 2. The maximum atomic E-state index is 14.3. The molecule has 2 amide bonds. The minimum absolute atomic E-state index is 0.106. The standard InChI is InChI=1S/C28H30FN3O5/c1-18-13-25(21-7-3-4-8-24(21)31-18)36-11-5-6-12-37-26-15-19(29)14-22-23(26)16-32(28(22)35)20(17-33)9-10-27(34)30-2/h3-4,7-8,13-15,17,20H,5-6,9-12,16H2,1-2H3,(H,30,34). The van der Waals surface area contributed by atoms with E-state index in [1.807, 2.05) is 37.3 Å². The molecule has 3 aromatic rings. The Kier molecular flexibility index (Phi) is 8.32. The lowest BCUT2D eigenvalue weighted by Gasteiger charge is -2.22. The number of para-hydroxylation sites is 1. The smallest absolute Gasteiger partial charge is 0.255 e. The Morgan fingerprint density at radius 3 is 2.62 bits per heavy atom. The first kappa shape index (κ1) is 26.1. The van der Waals surface area contributed by atoms with Gasteiger partial charge in [0.2, 0.25) is 5.91 Å². The van der Waals surface area contributed by atoms with E-state index in [-0.39, 0.29) is 30.9 Å². The van der Waals surface area contributed by atoms with Crippen LogP contribution < -0.4 is 14.8 Å². The summed E-state index contributed by atoms with van der Waals surface area (Å²) in [6.45, 7) is 2.85. The number of aromatic nitrogens is 1. The normalized spacial score (nSPS) is 13.4. The third-order valence-electron chi connectivity index (χ3n) is 6.36. The van der Waals surface area contributed by atoms with E-state index in [9.17, 15) is 18.8 Å². The number of halogens is 1. The Balaban J connectivity index is 1.33. The number of amides is 2. The summed E-state index contributed by atoms with van der Waals surface area (Å²) in [6, 6.07) is 11.4. The number of hydrogen-bond acceptors (Lipinski definition) is 6. The number of carbonyl (C=O) groups is 3. The number of unbranched alkanes of at least 4 members (excludes halogenated alkanes) is 1. The van der Waals surface area contributed by atoms with Gasteiger partial charge in [-0.3, -0.25) is 14.6 Å². The van der Waals surface area contributed by atoms with Crippen LogP contribution in [0, 0.1) is 12.7 Å². The van der Waals surface area contributed by atoms with Gasteiger partial charge in [-0.25, -0.2) is 4.39 Å². The predicted molar refractivity (Wildman–Crippen MR) is 136 cm³/mol. The highest BCUT2D eigenvalue weighted by atomic mass is 19.1. The highest BCUT2D eigenvalue weighted by Crippen LogP contribution is 2.34. The lowest BCUT2D eigenvalue weighted by atomic mass is 10.1. The quantitative estimate of drug-likeness (QED) is 0.294. The summed E-state index contributed by atoms with van der Waals surface area (Å²) in [5.41, 5.74) is 2.50. The first-order valence-corrected chi connectivity index (χ1v) is 12.3. The topological polar surface area (TPSA) is 97.8 Å². The van der Waals surface area contributed by atoms with Crippen molar-refractivity contribution in [3.63, 3.8) is 0 Å². The average molecular weight is 508 g/mol. The van der Waals surface area contributed by atoms with E-state index in [1.165, 1.54) is 24.1 Å². The maximum Gasteiger partial charge on any atom is 0.255 e. The fourth-order valence-corrected chi connectivity index (χ4v) is 4.42. The molecule has 1 N–H and O–H groups in total. The summed E-state index contributed by atoms with van der Waals surface area (Å²) in [7, 11) is 1.51. The van der Waals surface area contributed by atoms with Gasteiger partial charge in [-0.2, -0.15) is 0 Å². The minimum Gasteiger partial charge on any atom is -0.493 e. The molecular formula is C28H30FN3O5. The maximum absolute atomic E-state index is 14.3. The third kappa shape index (κ3) is 6.04. The largest absolute Gasteiger partial charge is 0.493 e. The van der Waals surface area contributed by atoms with Crippen LogP contribution in [0.2, 0.25) is 0 Å². The van der Waals surface area contributed by atoms with E-state index in [4.69, 9.17) is 9.47 Å². The highest BCUT2D eigenvalue weighted by molar-refractivity contribution is 6.00. The van der Waals surface area contributed by atoms with Crippen LogP contribution in [0.1, 0.15) is 47.3 Å². The van der Waals surface area contributed by atoms with E-state index in [1.54, 1.807) is 0 Å². The molecule has 0 fully saturated rings. The van der Waals surface area contributed by atoms with Crippen molar-refractivity contribution in [3.8, 4) is 11.5 Å². The van der Waals surface area contributed by atoms with Crippen molar-refractivity contribution in [2.24, 2.45) is 0 Å². The summed E-state index contributed by atoms with van der Waals surface area (Å²) >= 11 is 0. The summed E-state index contributed by atoms with van der Waals surface area (Å²) < 4.78 is 26.1. The molecule has 9 heteroatoms. The van der Waals surface area contributed by atoms with Crippen LogP contribution in [0.15, 0.2) is 42.5 Å². The van der Waals surface area contributed by atoms with Gasteiger partial charge < -0.3 is 24.5 Å². The molecule has 0 spiro atoms. The zero-order chi connectivity index (χ0) is 26.4. The summed E-state index contributed by atoms with van der Waals surface area (Å²) in [5.74, 6) is -0.172. The summed E-state index contributed by atoms with van der Waals surface area (Å²) in [6.07, 6.45) is 2.32. The van der Waals surface area contributed by atoms with Gasteiger partial charge in [0.15, 0.2) is 0 Å². The van der Waals surface area contributed by atoms with Crippen molar-refractivity contribution in [2.45, 2.75) is 45.2 Å². The number of aryl methyl sites for hydroxylation is 1. The second kappa shape index (κ2) is 11.8. The van der Waals surface area contributed by atoms with Crippen molar-refractivity contribution in [3.05, 3.63) is 65.1 Å². The highest BCUT2D eigenvalue weighted by Gasteiger charge is 2.35. The van der Waals surface area contributed by atoms with Crippen LogP contribution in [0.5, 0.6) is 11.5 Å². The fraction of sp³-hybridized carbons (Fsp3) is 0.357. The molecule has 1 aliphatic heterocycles. The number of benzene rings is 2. The molecule has 0 saturated heterocycles. The molecule has 0 radical (unpaired) electrons. The molecule has 4 rings (SSSR count). The number of pyridine rings is 1. The molecule has 0 bridgehead atoms. The van der Waals surface area contributed by atoms with Crippen LogP contribution in [-0.4, -0.2) is 54.3 Å². The molecule has 2 heterocycles. The molecule has 2 aromatic carbocycles. The number of ether oxygens (including phenoxy) is 2. The van der Waals surface area contributed by atoms with Crippen molar-refractivity contribution >= 4 is 29.0 Å². The molecule has 0 saturated carbocycles. The Morgan fingerprint density at radius 1 is 1.16 bits per heavy atom. The molecule has 37 heavy (non-hydrogen) atoms. The summed E-state index contributed by atoms with van der Waals surface area (Å²) in [4.78, 5) is 42.0. The van der Waals surface area contributed by atoms with E-state index >= 15 is 0 Å². The van der Waals surface area contributed by atoms with Crippen molar-refractivity contribution in [1.29, 1.82) is 0 Å². The number of carbonyl (C=O) groups excluding carboxylic acids is 3. The molecule has 1 aromatic heterocycles. The van der Waals surface area contributed by atoms with Gasteiger partial charge in [0.25, 0.3) is 5.91 Å². The van der Waals surface area contributed by atoms with Crippen LogP contribution in [-0.2, 0) is 16.1 Å². The Morgan fingerprint density at radius 2 is 1.89 bits per heavy atom. The summed E-state index contributed by atoms with van der Waals surface area (Å²) in [5, 5.41) is 3.45. The van der Waals surface area contributed by atoms with Gasteiger partial charge in [0, 0.05) is 42.2 Å². The van der Waals surface area contributed by atoms with Crippen LogP contribution in [0.4, 0.5) is 4.39 Å². The zero-order valence-electron chi connectivity index (χ0n) is 21.0. The van der Waals surface area contributed by atoms with Gasteiger partial charge in [-0.05, 0) is 44.4 Å². The molecule has 1 aliphatic rings. The molecular weight excluding hydrogens is 477 g/mol. The fourth-order valence-electron chi connectivity index (χ4n) is 4.42. The van der Waals surface area contributed by atoms with E-state index in [0.29, 0.717) is 43.7 Å². The number of hydrogen-bond donors (Lipinski definition) is 1. The number of rotatable bonds is 12. The molecule has 0 aliphatic carbocycles. The second-order valence-corrected chi connectivity index (χ2v) is 8.96. The van der Waals surface area contributed by atoms with E-state index < -0.39 is 17.8 Å². The van der Waals surface area contributed by atoms with E-state index in [0.717, 1.165) is 22.3 Å². The van der Waals surface area contributed by atoms with Gasteiger partial charge in [0.1, 0.15) is 23.6 Å². The lowest BCUT2D eigenvalue weighted by molar-refractivity contribution is -0.121. The molecule has 1 atom stereocenters. The Bertz CT molecular complexity index is 1310. The predicted octanol–water partition coefficient (Wildman–Crippen LogP) is 3.97. The van der Waals surface area contributed by atoms with Crippen LogP contribution >= 0.6 is 0 Å². The van der Waals surface area contributed by atoms with Crippen molar-refractivity contribution in [1.82, 2.24) is 15.2 Å². The Labute approximate surface area is 214 Å². The van der Waals surface area contributed by atoms with Gasteiger partial charge >= 0.3 is 0 Å². The average Bonchev–Trinajstić information content (AvgIpc) is 3.22. The van der Waals surface area contributed by atoms with Crippen LogP contribution in [0.25, 0.3) is 10.9 Å². The van der Waals surface area contributed by atoms with Crippen LogP contribution in [0.3, 0.4) is 0 Å². The van der Waals surface area contributed by atoms with Gasteiger partial charge in [0.05, 0.1) is 36.9 Å². The lowest BCUT2D eigenvalue weighted by Crippen LogP contribution is -2.37. The first-order chi connectivity index (χ1) is 17.9. The molecule has 194 valence electrons. The van der Waals surface area contributed by atoms with Crippen molar-refractivity contribution in [2.75, 3.05) is 20.3 Å². The first-order valence-electron chi connectivity index (χ1n) is 12.3. The SMILES string of the molecule is CNC(=O)CCC(C=O)N1Cc2c(OCCCCOc3cc(C)nc4ccccc34)cc(F)cc2C1=O. The minimum atomic E-state index is -0.779. The zero-order valence-corrected chi connectivity index (χ0v) is 21.0. The monoisotopic (exact) mass is 507 g/mol. The van der Waals surface area contributed by atoms with Crippen molar-refractivity contribution < 1.29 is 28.2 Å². The number of aldehydes is 1. The third-order valence-corrected chi connectivity index (χ3v) is 6.36. The van der Waals surface area contributed by atoms with Gasteiger partial charge in [-0.15, -0.1) is 0 Å². The number of nitrogens with one attached hydrogen (secondary N) is 1. The molecule has 1 unspecified atom stereocenters. The molecule has 8 nitrogen and oxygen atoms in total. The second-order valence-electron chi connectivity index (χ2n) is 8.96.